The van der Waals surface area contributed by atoms with Crippen LogP contribution in [0.25, 0.3) is 0 Å². The standard InChI is InChI=1S/C17H28N2O2/c1-5-6-7-10-18-13-11-14-8-9-15(12-13)19(14)16(20)21-17(2,3)4/h1,13-15,18H,6-12H2,2-4H3. The van der Waals surface area contributed by atoms with Crippen molar-refractivity contribution in [3.8, 4) is 12.3 Å². The van der Waals surface area contributed by atoms with E-state index in [4.69, 9.17) is 11.2 Å². The molecule has 2 aliphatic rings. The lowest BCUT2D eigenvalue weighted by atomic mass is 9.97. The Kier molecular flexibility index (Phi) is 5.16. The predicted molar refractivity (Wildman–Crippen MR) is 84.0 cm³/mol. The third-order valence-corrected chi connectivity index (χ3v) is 4.27. The molecule has 2 rings (SSSR count). The Morgan fingerprint density at radius 1 is 1.33 bits per heavy atom. The largest absolute Gasteiger partial charge is 0.444 e. The van der Waals surface area contributed by atoms with Crippen LogP contribution in [0.1, 0.15) is 59.3 Å². The van der Waals surface area contributed by atoms with Crippen LogP contribution in [-0.4, -0.2) is 41.3 Å². The molecule has 2 unspecified atom stereocenters. The highest BCUT2D eigenvalue weighted by atomic mass is 16.6. The van der Waals surface area contributed by atoms with E-state index in [1.165, 1.54) is 0 Å². The molecule has 0 aromatic rings. The van der Waals surface area contributed by atoms with Crippen molar-refractivity contribution in [2.75, 3.05) is 6.54 Å². The number of terminal acetylenes is 1. The van der Waals surface area contributed by atoms with Gasteiger partial charge in [0, 0.05) is 24.5 Å². The Hall–Kier alpha value is -1.21. The third-order valence-electron chi connectivity index (χ3n) is 4.27. The van der Waals surface area contributed by atoms with Gasteiger partial charge in [0.1, 0.15) is 5.60 Å². The van der Waals surface area contributed by atoms with Crippen molar-refractivity contribution in [1.82, 2.24) is 10.2 Å². The first-order chi connectivity index (χ1) is 9.90. The van der Waals surface area contributed by atoms with E-state index in [9.17, 15) is 4.79 Å². The van der Waals surface area contributed by atoms with Gasteiger partial charge in [-0.1, -0.05) is 0 Å². The summed E-state index contributed by atoms with van der Waals surface area (Å²) in [5.74, 6) is 2.67. The second-order valence-corrected chi connectivity index (χ2v) is 7.20. The van der Waals surface area contributed by atoms with Gasteiger partial charge in [0.05, 0.1) is 0 Å². The summed E-state index contributed by atoms with van der Waals surface area (Å²) in [4.78, 5) is 14.3. The van der Waals surface area contributed by atoms with Crippen molar-refractivity contribution in [3.63, 3.8) is 0 Å². The van der Waals surface area contributed by atoms with E-state index >= 15 is 0 Å². The van der Waals surface area contributed by atoms with Crippen molar-refractivity contribution in [2.24, 2.45) is 0 Å². The van der Waals surface area contributed by atoms with Crippen molar-refractivity contribution < 1.29 is 9.53 Å². The number of hydrogen-bond acceptors (Lipinski definition) is 3. The normalized spacial score (nSPS) is 28.3. The maximum absolute atomic E-state index is 12.3. The molecule has 2 heterocycles. The molecule has 0 aromatic heterocycles. The molecule has 0 spiro atoms. The summed E-state index contributed by atoms with van der Waals surface area (Å²) in [6.07, 6.45) is 11.3. The van der Waals surface area contributed by atoms with Crippen LogP contribution in [0.3, 0.4) is 0 Å². The number of carbonyl (C=O) groups excluding carboxylic acids is 1. The maximum Gasteiger partial charge on any atom is 0.410 e. The molecule has 1 amide bonds. The fourth-order valence-corrected chi connectivity index (χ4v) is 3.45. The van der Waals surface area contributed by atoms with Crippen LogP contribution in [0.4, 0.5) is 4.79 Å². The van der Waals surface area contributed by atoms with Gasteiger partial charge in [-0.05, 0) is 59.4 Å². The van der Waals surface area contributed by atoms with Crippen molar-refractivity contribution >= 4 is 6.09 Å². The smallest absolute Gasteiger partial charge is 0.410 e. The Bertz CT molecular complexity index is 394. The summed E-state index contributed by atoms with van der Waals surface area (Å²) in [5.41, 5.74) is -0.416. The first kappa shape index (κ1) is 16.2. The summed E-state index contributed by atoms with van der Waals surface area (Å²) in [5, 5.41) is 3.59. The maximum atomic E-state index is 12.3. The fraction of sp³-hybridized carbons (Fsp3) is 0.824. The van der Waals surface area contributed by atoms with Crippen LogP contribution < -0.4 is 5.32 Å². The molecule has 118 valence electrons. The van der Waals surface area contributed by atoms with Crippen LogP contribution in [0, 0.1) is 12.3 Å². The SMILES string of the molecule is C#CCCCNC1CC2CCC(C1)N2C(=O)OC(C)(C)C. The number of hydrogen-bond donors (Lipinski definition) is 1. The molecule has 2 fully saturated rings. The van der Waals surface area contributed by atoms with Crippen LogP contribution in [0.5, 0.6) is 0 Å². The van der Waals surface area contributed by atoms with E-state index in [0.29, 0.717) is 18.1 Å². The quantitative estimate of drug-likeness (QED) is 0.640. The average Bonchev–Trinajstić information content (AvgIpc) is 2.65. The summed E-state index contributed by atoms with van der Waals surface area (Å²) in [6, 6.07) is 1.19. The van der Waals surface area contributed by atoms with Gasteiger partial charge >= 0.3 is 6.09 Å². The van der Waals surface area contributed by atoms with Crippen LogP contribution >= 0.6 is 0 Å². The van der Waals surface area contributed by atoms with Crippen molar-refractivity contribution in [1.29, 1.82) is 0 Å². The number of ether oxygens (including phenoxy) is 1. The summed E-state index contributed by atoms with van der Waals surface area (Å²) >= 11 is 0. The number of fused-ring (bicyclic) bond motifs is 2. The van der Waals surface area contributed by atoms with E-state index in [1.54, 1.807) is 0 Å². The highest BCUT2D eigenvalue weighted by molar-refractivity contribution is 5.69. The molecule has 21 heavy (non-hydrogen) atoms. The second-order valence-electron chi connectivity index (χ2n) is 7.20. The topological polar surface area (TPSA) is 41.6 Å². The zero-order chi connectivity index (χ0) is 15.5. The number of rotatable bonds is 4. The van der Waals surface area contributed by atoms with Crippen molar-refractivity contribution in [3.05, 3.63) is 0 Å². The molecule has 0 radical (unpaired) electrons. The average molecular weight is 292 g/mol. The Labute approximate surface area is 128 Å². The summed E-state index contributed by atoms with van der Waals surface area (Å²) in [6.45, 7) is 6.74. The third kappa shape index (κ3) is 4.38. The number of amides is 1. The molecular weight excluding hydrogens is 264 g/mol. The Balaban J connectivity index is 1.84. The van der Waals surface area contributed by atoms with E-state index in [-0.39, 0.29) is 6.09 Å². The molecule has 0 saturated carbocycles. The van der Waals surface area contributed by atoms with Crippen molar-refractivity contribution in [2.45, 2.75) is 83.0 Å². The zero-order valence-electron chi connectivity index (χ0n) is 13.5. The van der Waals surface area contributed by atoms with Gasteiger partial charge in [-0.3, -0.25) is 0 Å². The number of piperidine rings is 1. The van der Waals surface area contributed by atoms with Gasteiger partial charge in [0.15, 0.2) is 0 Å². The lowest BCUT2D eigenvalue weighted by Gasteiger charge is -2.39. The molecule has 4 heteroatoms. The number of nitrogens with zero attached hydrogens (tertiary/aromatic N) is 1. The van der Waals surface area contributed by atoms with E-state index in [0.717, 1.165) is 45.1 Å². The van der Waals surface area contributed by atoms with Crippen LogP contribution in [-0.2, 0) is 4.74 Å². The molecule has 4 nitrogen and oxygen atoms in total. The summed E-state index contributed by atoms with van der Waals surface area (Å²) in [7, 11) is 0. The molecule has 2 aliphatic heterocycles. The van der Waals surface area contributed by atoms with E-state index < -0.39 is 5.60 Å². The Morgan fingerprint density at radius 3 is 2.48 bits per heavy atom. The van der Waals surface area contributed by atoms with Crippen LogP contribution in [0.15, 0.2) is 0 Å². The molecule has 2 atom stereocenters. The predicted octanol–water partition coefficient (Wildman–Crippen LogP) is 2.92. The first-order valence-electron chi connectivity index (χ1n) is 8.09. The molecule has 0 aliphatic carbocycles. The minimum absolute atomic E-state index is 0.138. The van der Waals surface area contributed by atoms with Crippen LogP contribution in [0.2, 0.25) is 0 Å². The molecule has 0 aromatic carbocycles. The molecule has 2 bridgehead atoms. The fourth-order valence-electron chi connectivity index (χ4n) is 3.45. The molecule has 2 saturated heterocycles. The lowest BCUT2D eigenvalue weighted by molar-refractivity contribution is 0.00475. The van der Waals surface area contributed by atoms with E-state index in [1.807, 2.05) is 25.7 Å². The van der Waals surface area contributed by atoms with Gasteiger partial charge in [0.2, 0.25) is 0 Å². The number of unbranched alkanes of at least 4 members (excludes halogenated alkanes) is 1. The number of nitrogens with one attached hydrogen (secondary N) is 1. The monoisotopic (exact) mass is 292 g/mol. The highest BCUT2D eigenvalue weighted by Gasteiger charge is 2.44. The highest BCUT2D eigenvalue weighted by Crippen LogP contribution is 2.36. The lowest BCUT2D eigenvalue weighted by Crippen LogP contribution is -2.52. The minimum Gasteiger partial charge on any atom is -0.444 e. The minimum atomic E-state index is -0.416. The second kappa shape index (κ2) is 6.70. The summed E-state index contributed by atoms with van der Waals surface area (Å²) < 4.78 is 5.55. The first-order valence-corrected chi connectivity index (χ1v) is 8.09. The zero-order valence-corrected chi connectivity index (χ0v) is 13.5. The van der Waals surface area contributed by atoms with Gasteiger partial charge < -0.3 is 15.0 Å². The van der Waals surface area contributed by atoms with Gasteiger partial charge in [-0.15, -0.1) is 12.3 Å². The van der Waals surface area contributed by atoms with E-state index in [2.05, 4.69) is 11.2 Å². The molecular formula is C17H28N2O2. The number of carbonyl (C=O) groups is 1. The van der Waals surface area contributed by atoms with Gasteiger partial charge in [-0.25, -0.2) is 4.79 Å². The molecule has 1 N–H and O–H groups in total. The Morgan fingerprint density at radius 2 is 1.95 bits per heavy atom. The van der Waals surface area contributed by atoms with Gasteiger partial charge in [-0.2, -0.15) is 0 Å². The van der Waals surface area contributed by atoms with Gasteiger partial charge in [0.25, 0.3) is 0 Å².